The smallest absolute Gasteiger partial charge is 0.138 e. The van der Waals surface area contributed by atoms with E-state index >= 15 is 0 Å². The van der Waals surface area contributed by atoms with Crippen molar-refractivity contribution < 1.29 is 4.74 Å². The highest BCUT2D eigenvalue weighted by Crippen LogP contribution is 2.30. The average Bonchev–Trinajstić information content (AvgIpc) is 2.98. The average molecular weight is 370 g/mol. The Hall–Kier alpha value is -1.23. The first kappa shape index (κ1) is 19.1. The monoisotopic (exact) mass is 369 g/mol. The van der Waals surface area contributed by atoms with Crippen molar-refractivity contribution in [3.8, 4) is 5.75 Å². The summed E-state index contributed by atoms with van der Waals surface area (Å²) in [5.41, 5.74) is 2.19. The highest BCUT2D eigenvalue weighted by molar-refractivity contribution is 6.32. The fourth-order valence-electron chi connectivity index (χ4n) is 3.22. The van der Waals surface area contributed by atoms with E-state index in [1.165, 1.54) is 32.1 Å². The fourth-order valence-corrected chi connectivity index (χ4v) is 3.41. The number of ether oxygens (including phenoxy) is 1. The van der Waals surface area contributed by atoms with Gasteiger partial charge >= 0.3 is 0 Å². The summed E-state index contributed by atoms with van der Waals surface area (Å²) < 4.78 is 8.12. The highest BCUT2D eigenvalue weighted by Gasteiger charge is 2.20. The topological polar surface area (TPSA) is 39.1 Å². The van der Waals surface area contributed by atoms with E-state index in [1.807, 2.05) is 31.3 Å². The van der Waals surface area contributed by atoms with Crippen molar-refractivity contribution in [2.24, 2.45) is 0 Å². The lowest BCUT2D eigenvalue weighted by atomic mass is 9.95. The van der Waals surface area contributed by atoms with Crippen molar-refractivity contribution in [2.75, 3.05) is 7.05 Å². The molecule has 1 heterocycles. The summed E-state index contributed by atoms with van der Waals surface area (Å²) in [6.07, 6.45) is 6.33. The van der Waals surface area contributed by atoms with Gasteiger partial charge in [-0.3, -0.25) is 4.68 Å². The standard InChI is InChI=1S/C18H24ClN3O.ClH/c1-20-12-14-11-16(13-23-18-10-6-5-9-17(18)19)22(21-14)15-7-3-2-4-8-15;/h5-6,9-11,15,20H,2-4,7-8,12-13H2,1H3;1H. The Morgan fingerprint density at radius 3 is 2.71 bits per heavy atom. The van der Waals surface area contributed by atoms with Crippen molar-refractivity contribution in [2.45, 2.75) is 51.3 Å². The van der Waals surface area contributed by atoms with E-state index in [0.29, 0.717) is 17.7 Å². The predicted molar refractivity (Wildman–Crippen MR) is 100 cm³/mol. The normalized spacial score (nSPS) is 15.1. The molecular formula is C18H25Cl2N3O. The SMILES string of the molecule is CNCc1cc(COc2ccccc2Cl)n(C2CCCCC2)n1.Cl. The minimum atomic E-state index is 0. The molecule has 1 fully saturated rings. The summed E-state index contributed by atoms with van der Waals surface area (Å²) >= 11 is 6.18. The molecule has 0 aliphatic heterocycles. The van der Waals surface area contributed by atoms with Gasteiger partial charge in [0.1, 0.15) is 12.4 Å². The summed E-state index contributed by atoms with van der Waals surface area (Å²) in [7, 11) is 1.94. The van der Waals surface area contributed by atoms with Crippen LogP contribution in [-0.2, 0) is 13.2 Å². The molecule has 0 unspecified atom stereocenters. The quantitative estimate of drug-likeness (QED) is 0.797. The molecule has 2 aromatic rings. The van der Waals surface area contributed by atoms with E-state index in [-0.39, 0.29) is 12.4 Å². The number of hydrogen-bond donors (Lipinski definition) is 1. The summed E-state index contributed by atoms with van der Waals surface area (Å²) in [6.45, 7) is 1.27. The van der Waals surface area contributed by atoms with Gasteiger partial charge in [-0.25, -0.2) is 0 Å². The molecule has 1 aromatic heterocycles. The van der Waals surface area contributed by atoms with Crippen LogP contribution in [0.3, 0.4) is 0 Å². The van der Waals surface area contributed by atoms with Crippen molar-refractivity contribution in [3.63, 3.8) is 0 Å². The van der Waals surface area contributed by atoms with Gasteiger partial charge < -0.3 is 10.1 Å². The number of rotatable bonds is 6. The molecule has 1 N–H and O–H groups in total. The van der Waals surface area contributed by atoms with E-state index in [1.54, 1.807) is 0 Å². The van der Waals surface area contributed by atoms with Crippen LogP contribution in [0.4, 0.5) is 0 Å². The summed E-state index contributed by atoms with van der Waals surface area (Å²) in [4.78, 5) is 0. The maximum absolute atomic E-state index is 6.18. The molecule has 0 atom stereocenters. The molecule has 0 spiro atoms. The number of para-hydroxylation sites is 1. The Bertz CT molecular complexity index is 639. The maximum Gasteiger partial charge on any atom is 0.138 e. The second-order valence-electron chi connectivity index (χ2n) is 6.11. The largest absolute Gasteiger partial charge is 0.486 e. The van der Waals surface area contributed by atoms with Gasteiger partial charge in [0.2, 0.25) is 0 Å². The van der Waals surface area contributed by atoms with Gasteiger partial charge in [-0.2, -0.15) is 5.10 Å². The van der Waals surface area contributed by atoms with Gasteiger partial charge in [0, 0.05) is 6.54 Å². The molecule has 132 valence electrons. The molecule has 1 aliphatic carbocycles. The van der Waals surface area contributed by atoms with Crippen molar-refractivity contribution >= 4 is 24.0 Å². The lowest BCUT2D eigenvalue weighted by Crippen LogP contribution is -2.18. The van der Waals surface area contributed by atoms with Crippen LogP contribution in [0, 0.1) is 0 Å². The zero-order valence-electron chi connectivity index (χ0n) is 14.0. The minimum Gasteiger partial charge on any atom is -0.486 e. The van der Waals surface area contributed by atoms with E-state index < -0.39 is 0 Å². The van der Waals surface area contributed by atoms with Crippen LogP contribution < -0.4 is 10.1 Å². The van der Waals surface area contributed by atoms with Gasteiger partial charge in [-0.15, -0.1) is 12.4 Å². The number of aromatic nitrogens is 2. The number of benzene rings is 1. The number of nitrogens with one attached hydrogen (secondary N) is 1. The molecule has 0 amide bonds. The Morgan fingerprint density at radius 1 is 1.25 bits per heavy atom. The molecule has 0 bridgehead atoms. The van der Waals surface area contributed by atoms with Crippen LogP contribution in [-0.4, -0.2) is 16.8 Å². The number of hydrogen-bond acceptors (Lipinski definition) is 3. The fraction of sp³-hybridized carbons (Fsp3) is 0.500. The van der Waals surface area contributed by atoms with Gasteiger partial charge in [-0.05, 0) is 38.1 Å². The number of halogens is 2. The summed E-state index contributed by atoms with van der Waals surface area (Å²) in [6, 6.07) is 10.2. The Kier molecular flexibility index (Phi) is 7.40. The van der Waals surface area contributed by atoms with E-state index in [0.717, 1.165) is 23.7 Å². The zero-order valence-corrected chi connectivity index (χ0v) is 15.6. The first-order chi connectivity index (χ1) is 11.3. The van der Waals surface area contributed by atoms with Crippen LogP contribution >= 0.6 is 24.0 Å². The van der Waals surface area contributed by atoms with Crippen LogP contribution in [0.5, 0.6) is 5.75 Å². The molecule has 4 nitrogen and oxygen atoms in total. The van der Waals surface area contributed by atoms with Gasteiger partial charge in [0.05, 0.1) is 22.5 Å². The van der Waals surface area contributed by atoms with Crippen molar-refractivity contribution in [3.05, 3.63) is 46.7 Å². The van der Waals surface area contributed by atoms with Crippen LogP contribution in [0.2, 0.25) is 5.02 Å². The molecule has 0 radical (unpaired) electrons. The third kappa shape index (κ3) is 4.65. The van der Waals surface area contributed by atoms with Gasteiger partial charge in [-0.1, -0.05) is 43.0 Å². The van der Waals surface area contributed by atoms with E-state index in [9.17, 15) is 0 Å². The van der Waals surface area contributed by atoms with Crippen LogP contribution in [0.15, 0.2) is 30.3 Å². The Labute approximate surface area is 154 Å². The molecule has 0 saturated heterocycles. The summed E-state index contributed by atoms with van der Waals surface area (Å²) in [5.74, 6) is 0.723. The molecule has 3 rings (SSSR count). The second kappa shape index (κ2) is 9.30. The molecule has 1 saturated carbocycles. The van der Waals surface area contributed by atoms with Crippen LogP contribution in [0.1, 0.15) is 49.5 Å². The molecule has 6 heteroatoms. The van der Waals surface area contributed by atoms with Crippen molar-refractivity contribution in [1.82, 2.24) is 15.1 Å². The summed E-state index contributed by atoms with van der Waals surface area (Å²) in [5, 5.41) is 8.62. The molecule has 24 heavy (non-hydrogen) atoms. The maximum atomic E-state index is 6.18. The molecule has 1 aliphatic rings. The van der Waals surface area contributed by atoms with Gasteiger partial charge in [0.15, 0.2) is 0 Å². The predicted octanol–water partition coefficient (Wildman–Crippen LogP) is 4.76. The lowest BCUT2D eigenvalue weighted by Gasteiger charge is -2.24. The van der Waals surface area contributed by atoms with Gasteiger partial charge in [0.25, 0.3) is 0 Å². The second-order valence-corrected chi connectivity index (χ2v) is 6.52. The lowest BCUT2D eigenvalue weighted by molar-refractivity contribution is 0.265. The Morgan fingerprint density at radius 2 is 2.00 bits per heavy atom. The third-order valence-electron chi connectivity index (χ3n) is 4.35. The van der Waals surface area contributed by atoms with E-state index in [2.05, 4.69) is 16.1 Å². The van der Waals surface area contributed by atoms with E-state index in [4.69, 9.17) is 21.4 Å². The van der Waals surface area contributed by atoms with Crippen LogP contribution in [0.25, 0.3) is 0 Å². The number of nitrogens with zero attached hydrogens (tertiary/aromatic N) is 2. The first-order valence-electron chi connectivity index (χ1n) is 8.37. The highest BCUT2D eigenvalue weighted by atomic mass is 35.5. The molecule has 1 aromatic carbocycles. The van der Waals surface area contributed by atoms with Crippen molar-refractivity contribution in [1.29, 1.82) is 0 Å². The first-order valence-corrected chi connectivity index (χ1v) is 8.75. The zero-order chi connectivity index (χ0) is 16.1. The third-order valence-corrected chi connectivity index (χ3v) is 4.67. The molecular weight excluding hydrogens is 345 g/mol. The minimum absolute atomic E-state index is 0. The Balaban J connectivity index is 0.00000208.